The number of carbonyl (C=O) groups excluding carboxylic acids is 2. The lowest BCUT2D eigenvalue weighted by Gasteiger charge is -2.15. The lowest BCUT2D eigenvalue weighted by molar-refractivity contribution is -0.113. The van der Waals surface area contributed by atoms with Crippen LogP contribution in [-0.2, 0) is 9.53 Å². The molecule has 0 radical (unpaired) electrons. The first-order valence-corrected chi connectivity index (χ1v) is 8.33. The lowest BCUT2D eigenvalue weighted by Crippen LogP contribution is -2.18. The van der Waals surface area contributed by atoms with E-state index in [2.05, 4.69) is 5.10 Å². The summed E-state index contributed by atoms with van der Waals surface area (Å²) in [6.45, 7) is 3.06. The van der Waals surface area contributed by atoms with E-state index in [4.69, 9.17) is 4.74 Å². The maximum atomic E-state index is 14.2. The van der Waals surface area contributed by atoms with Gasteiger partial charge in [0.1, 0.15) is 5.76 Å². The Kier molecular flexibility index (Phi) is 4.97. The Morgan fingerprint density at radius 3 is 2.54 bits per heavy atom. The molecule has 0 saturated heterocycles. The SMILES string of the molecule is CC(=O)C1=C(OC(=O)c2c(F)c(F)nn2[C@H](C)c2ccccc2)CCC1. The number of nitrogens with zero attached hydrogens (tertiary/aromatic N) is 2. The summed E-state index contributed by atoms with van der Waals surface area (Å²) >= 11 is 0. The van der Waals surface area contributed by atoms with E-state index in [0.29, 0.717) is 24.8 Å². The Bertz CT molecular complexity index is 888. The van der Waals surface area contributed by atoms with Gasteiger partial charge in [0.2, 0.25) is 5.82 Å². The molecule has 1 aromatic heterocycles. The number of rotatable bonds is 5. The largest absolute Gasteiger partial charge is 0.426 e. The zero-order valence-electron chi connectivity index (χ0n) is 14.5. The minimum absolute atomic E-state index is 0.192. The van der Waals surface area contributed by atoms with Crippen molar-refractivity contribution in [3.63, 3.8) is 0 Å². The molecule has 1 atom stereocenters. The Labute approximate surface area is 149 Å². The van der Waals surface area contributed by atoms with E-state index in [0.717, 1.165) is 10.2 Å². The van der Waals surface area contributed by atoms with Crippen LogP contribution >= 0.6 is 0 Å². The van der Waals surface area contributed by atoms with Gasteiger partial charge in [-0.1, -0.05) is 30.3 Å². The quantitative estimate of drug-likeness (QED) is 0.758. The molecule has 0 fully saturated rings. The van der Waals surface area contributed by atoms with Gasteiger partial charge in [-0.3, -0.25) is 4.79 Å². The fourth-order valence-corrected chi connectivity index (χ4v) is 3.08. The van der Waals surface area contributed by atoms with Crippen LogP contribution in [0.3, 0.4) is 0 Å². The Balaban J connectivity index is 1.96. The lowest BCUT2D eigenvalue weighted by atomic mass is 10.1. The maximum absolute atomic E-state index is 14.2. The average molecular weight is 360 g/mol. The third kappa shape index (κ3) is 3.29. The summed E-state index contributed by atoms with van der Waals surface area (Å²) in [5, 5.41) is 3.53. The minimum atomic E-state index is -1.37. The topological polar surface area (TPSA) is 61.2 Å². The summed E-state index contributed by atoms with van der Waals surface area (Å²) in [5.74, 6) is -3.75. The molecule has 0 saturated carbocycles. The van der Waals surface area contributed by atoms with E-state index in [-0.39, 0.29) is 11.5 Å². The second kappa shape index (κ2) is 7.19. The molecule has 0 N–H and O–H groups in total. The van der Waals surface area contributed by atoms with Gasteiger partial charge in [0, 0.05) is 12.0 Å². The van der Waals surface area contributed by atoms with E-state index in [1.165, 1.54) is 6.92 Å². The van der Waals surface area contributed by atoms with Crippen molar-refractivity contribution in [1.29, 1.82) is 0 Å². The van der Waals surface area contributed by atoms with E-state index in [1.807, 2.05) is 6.07 Å². The molecule has 136 valence electrons. The van der Waals surface area contributed by atoms with Gasteiger partial charge in [-0.05, 0) is 32.3 Å². The van der Waals surface area contributed by atoms with Gasteiger partial charge in [0.25, 0.3) is 5.95 Å². The molecule has 1 aliphatic rings. The molecule has 3 rings (SSSR count). The molecule has 2 aromatic rings. The zero-order chi connectivity index (χ0) is 18.8. The van der Waals surface area contributed by atoms with Gasteiger partial charge in [-0.2, -0.15) is 8.78 Å². The second-order valence-corrected chi connectivity index (χ2v) is 6.19. The Morgan fingerprint density at radius 1 is 1.19 bits per heavy atom. The number of esters is 1. The summed E-state index contributed by atoms with van der Waals surface area (Å²) in [6.07, 6.45) is 1.59. The molecular weight excluding hydrogens is 342 g/mol. The van der Waals surface area contributed by atoms with Crippen LogP contribution in [0.5, 0.6) is 0 Å². The van der Waals surface area contributed by atoms with Crippen LogP contribution in [-0.4, -0.2) is 21.5 Å². The maximum Gasteiger partial charge on any atom is 0.364 e. The van der Waals surface area contributed by atoms with E-state index < -0.39 is 29.5 Å². The van der Waals surface area contributed by atoms with Gasteiger partial charge in [0.15, 0.2) is 11.5 Å². The Hall–Kier alpha value is -2.83. The van der Waals surface area contributed by atoms with Gasteiger partial charge in [-0.25, -0.2) is 9.48 Å². The average Bonchev–Trinajstić information content (AvgIpc) is 3.20. The van der Waals surface area contributed by atoms with Crippen molar-refractivity contribution in [3.05, 3.63) is 64.7 Å². The zero-order valence-corrected chi connectivity index (χ0v) is 14.5. The predicted molar refractivity (Wildman–Crippen MR) is 89.4 cm³/mol. The molecule has 0 aliphatic heterocycles. The number of ketones is 1. The number of hydrogen-bond acceptors (Lipinski definition) is 4. The van der Waals surface area contributed by atoms with Crippen molar-refractivity contribution < 1.29 is 23.1 Å². The standard InChI is InChI=1S/C19H18F2N2O3/c1-11(13-7-4-3-5-8-13)23-17(16(20)18(21)22-23)19(25)26-15-10-6-9-14(15)12(2)24/h3-5,7-8,11H,6,9-10H2,1-2H3/t11-/m1/s1. The number of benzene rings is 1. The molecule has 5 nitrogen and oxygen atoms in total. The fraction of sp³-hybridized carbons (Fsp3) is 0.316. The van der Waals surface area contributed by atoms with Crippen LogP contribution in [0.1, 0.15) is 55.2 Å². The first-order chi connectivity index (χ1) is 12.4. The third-order valence-electron chi connectivity index (χ3n) is 4.46. The molecule has 1 aliphatic carbocycles. The molecule has 0 amide bonds. The van der Waals surface area contributed by atoms with Crippen LogP contribution in [0.2, 0.25) is 0 Å². The highest BCUT2D eigenvalue weighted by Gasteiger charge is 2.31. The Morgan fingerprint density at radius 2 is 1.88 bits per heavy atom. The van der Waals surface area contributed by atoms with E-state index in [9.17, 15) is 18.4 Å². The number of ether oxygens (including phenoxy) is 1. The van der Waals surface area contributed by atoms with Gasteiger partial charge >= 0.3 is 5.97 Å². The number of carbonyl (C=O) groups is 2. The van der Waals surface area contributed by atoms with Gasteiger partial charge in [0.05, 0.1) is 6.04 Å². The highest BCUT2D eigenvalue weighted by Crippen LogP contribution is 2.29. The molecule has 0 bridgehead atoms. The van der Waals surface area contributed by atoms with Crippen LogP contribution < -0.4 is 0 Å². The van der Waals surface area contributed by atoms with Gasteiger partial charge in [-0.15, -0.1) is 5.10 Å². The fourth-order valence-electron chi connectivity index (χ4n) is 3.08. The van der Waals surface area contributed by atoms with Crippen molar-refractivity contribution in [2.75, 3.05) is 0 Å². The van der Waals surface area contributed by atoms with Crippen molar-refractivity contribution >= 4 is 11.8 Å². The summed E-state index contributed by atoms with van der Waals surface area (Å²) in [6, 6.07) is 8.33. The van der Waals surface area contributed by atoms with Crippen molar-refractivity contribution in [3.8, 4) is 0 Å². The van der Waals surface area contributed by atoms with E-state index in [1.54, 1.807) is 31.2 Å². The summed E-state index contributed by atoms with van der Waals surface area (Å²) in [5.41, 5.74) is 0.552. The first kappa shape index (κ1) is 18.0. The molecule has 0 spiro atoms. The first-order valence-electron chi connectivity index (χ1n) is 8.33. The third-order valence-corrected chi connectivity index (χ3v) is 4.46. The van der Waals surface area contributed by atoms with Crippen LogP contribution in [0.15, 0.2) is 41.7 Å². The summed E-state index contributed by atoms with van der Waals surface area (Å²) in [7, 11) is 0. The monoisotopic (exact) mass is 360 g/mol. The molecule has 0 unspecified atom stereocenters. The number of Topliss-reactive ketones (excluding diaryl/α,β-unsaturated/α-hetero) is 1. The minimum Gasteiger partial charge on any atom is -0.426 e. The van der Waals surface area contributed by atoms with Crippen LogP contribution in [0.25, 0.3) is 0 Å². The number of halogens is 2. The smallest absolute Gasteiger partial charge is 0.364 e. The van der Waals surface area contributed by atoms with Crippen molar-refractivity contribution in [2.45, 2.75) is 39.2 Å². The number of allylic oxidation sites excluding steroid dienone is 2. The van der Waals surface area contributed by atoms with Crippen LogP contribution in [0, 0.1) is 11.8 Å². The molecular formula is C19H18F2N2O3. The van der Waals surface area contributed by atoms with Gasteiger partial charge < -0.3 is 4.74 Å². The van der Waals surface area contributed by atoms with Crippen molar-refractivity contribution in [2.24, 2.45) is 0 Å². The normalized spacial score (nSPS) is 15.2. The summed E-state index contributed by atoms with van der Waals surface area (Å²) in [4.78, 5) is 24.1. The van der Waals surface area contributed by atoms with E-state index >= 15 is 0 Å². The predicted octanol–water partition coefficient (Wildman–Crippen LogP) is 3.95. The number of aromatic nitrogens is 2. The molecule has 1 heterocycles. The second-order valence-electron chi connectivity index (χ2n) is 6.19. The molecule has 1 aromatic carbocycles. The summed E-state index contributed by atoms with van der Waals surface area (Å²) < 4.78 is 34.2. The highest BCUT2D eigenvalue weighted by molar-refractivity contribution is 5.95. The van der Waals surface area contributed by atoms with Crippen molar-refractivity contribution in [1.82, 2.24) is 9.78 Å². The van der Waals surface area contributed by atoms with Crippen LogP contribution in [0.4, 0.5) is 8.78 Å². The highest BCUT2D eigenvalue weighted by atomic mass is 19.2. The molecule has 7 heteroatoms. The number of hydrogen-bond donors (Lipinski definition) is 0. The molecule has 26 heavy (non-hydrogen) atoms.